The van der Waals surface area contributed by atoms with E-state index in [1.165, 1.54) is 74.8 Å². The first-order valence-corrected chi connectivity index (χ1v) is 13.0. The molecule has 0 saturated heterocycles. The third-order valence-corrected chi connectivity index (χ3v) is 7.43. The maximum absolute atomic E-state index is 5.30. The van der Waals surface area contributed by atoms with Gasteiger partial charge in [0, 0.05) is 5.39 Å². The Morgan fingerprint density at radius 3 is 2.48 bits per heavy atom. The van der Waals surface area contributed by atoms with Crippen LogP contribution in [0.1, 0.15) is 94.3 Å². The van der Waals surface area contributed by atoms with E-state index in [0.717, 1.165) is 19.3 Å². The number of nitrogens with zero attached hydrogens (tertiary/aromatic N) is 1. The Hall–Kier alpha value is -2.41. The second kappa shape index (κ2) is 10.7. The van der Waals surface area contributed by atoms with Gasteiger partial charge in [-0.15, -0.1) is 0 Å². The zero-order chi connectivity index (χ0) is 24.3. The lowest BCUT2D eigenvalue weighted by Crippen LogP contribution is -2.11. The molecule has 2 aromatic rings. The Kier molecular flexibility index (Phi) is 8.16. The van der Waals surface area contributed by atoms with E-state index in [1.807, 2.05) is 13.8 Å². The minimum atomic E-state index is 0.407. The molecule has 1 unspecified atom stereocenters. The molecule has 1 atom stereocenters. The number of pyridine rings is 1. The van der Waals surface area contributed by atoms with Gasteiger partial charge in [-0.3, -0.25) is 0 Å². The van der Waals surface area contributed by atoms with Crippen molar-refractivity contribution in [2.24, 2.45) is 5.92 Å². The highest BCUT2D eigenvalue weighted by Gasteiger charge is 2.23. The molecule has 0 radical (unpaired) electrons. The number of hydrogen-bond donors (Lipinski definition) is 0. The molecule has 2 aliphatic rings. The maximum Gasteiger partial charge on any atom is 0.0717 e. The predicted octanol–water partition coefficient (Wildman–Crippen LogP) is 9.19. The molecule has 0 fully saturated rings. The largest absolute Gasteiger partial charge is 0.248 e. The van der Waals surface area contributed by atoms with E-state index in [1.54, 1.807) is 11.1 Å². The first-order chi connectivity index (χ1) is 15.8. The summed E-state index contributed by atoms with van der Waals surface area (Å²) in [6.07, 6.45) is 13.9. The Bertz CT molecular complexity index is 1150. The summed E-state index contributed by atoms with van der Waals surface area (Å²) in [6.45, 7) is 21.8. The number of aromatic nitrogens is 1. The summed E-state index contributed by atoms with van der Waals surface area (Å²) >= 11 is 0. The molecule has 0 saturated carbocycles. The molecular formula is C32H43N. The summed E-state index contributed by atoms with van der Waals surface area (Å²) in [7, 11) is 0. The summed E-state index contributed by atoms with van der Waals surface area (Å²) in [5, 5.41) is 1.45. The number of allylic oxidation sites excluding steroid dienone is 7. The quantitative estimate of drug-likeness (QED) is 0.431. The van der Waals surface area contributed by atoms with Crippen molar-refractivity contribution < 1.29 is 0 Å². The third-order valence-electron chi connectivity index (χ3n) is 7.43. The van der Waals surface area contributed by atoms with Crippen molar-refractivity contribution in [2.75, 3.05) is 0 Å². The van der Waals surface area contributed by atoms with Gasteiger partial charge in [0.15, 0.2) is 0 Å². The lowest BCUT2D eigenvalue weighted by molar-refractivity contribution is 0.789. The topological polar surface area (TPSA) is 12.9 Å². The van der Waals surface area contributed by atoms with Crippen LogP contribution >= 0.6 is 0 Å². The van der Waals surface area contributed by atoms with Crippen molar-refractivity contribution in [3.63, 3.8) is 0 Å². The molecule has 4 rings (SSSR count). The van der Waals surface area contributed by atoms with Crippen molar-refractivity contribution in [1.29, 1.82) is 0 Å². The molecule has 0 spiro atoms. The number of benzene rings is 1. The monoisotopic (exact) mass is 441 g/mol. The highest BCUT2D eigenvalue weighted by atomic mass is 14.7. The van der Waals surface area contributed by atoms with Gasteiger partial charge in [0.05, 0.1) is 11.2 Å². The standard InChI is InChI=1S/C30H37N.C2H6/c1-8-23-26-15-11-14-25-22(7)20(5)17-28(29(25)26)31-30(23)21(6)16-27-19(4)12-9-10-13-24(27)18(2)3;1-2/h9,12,16-17,19H,2,8,10-11,13-15H2,1,3-7H3;1-2H3/b21-16+;. The SMILES string of the molecule is C=C(C)C1=C(/C=C(\C)c2nc3cc(C)c(C)c4c3c(c2CC)CCC4)C(C)C=CCC1.CC. The van der Waals surface area contributed by atoms with E-state index in [0.29, 0.717) is 5.92 Å². The molecule has 33 heavy (non-hydrogen) atoms. The van der Waals surface area contributed by atoms with Gasteiger partial charge in [-0.1, -0.05) is 58.1 Å². The maximum atomic E-state index is 5.30. The zero-order valence-corrected chi connectivity index (χ0v) is 22.3. The summed E-state index contributed by atoms with van der Waals surface area (Å²) in [4.78, 5) is 5.30. The van der Waals surface area contributed by atoms with Crippen LogP contribution in [0.4, 0.5) is 0 Å². The van der Waals surface area contributed by atoms with Crippen LogP contribution < -0.4 is 0 Å². The summed E-state index contributed by atoms with van der Waals surface area (Å²) in [5.74, 6) is 0.407. The molecule has 0 aliphatic heterocycles. The van der Waals surface area contributed by atoms with E-state index in [2.05, 4.69) is 72.4 Å². The fraction of sp³-hybridized carbons (Fsp3) is 0.469. The molecule has 1 heterocycles. The van der Waals surface area contributed by atoms with Gasteiger partial charge in [-0.25, -0.2) is 4.98 Å². The lowest BCUT2D eigenvalue weighted by atomic mass is 9.82. The fourth-order valence-electron chi connectivity index (χ4n) is 5.64. The van der Waals surface area contributed by atoms with Crippen molar-refractivity contribution >= 4 is 16.5 Å². The second-order valence-corrected chi connectivity index (χ2v) is 9.61. The van der Waals surface area contributed by atoms with E-state index < -0.39 is 0 Å². The minimum Gasteiger partial charge on any atom is -0.248 e. The van der Waals surface area contributed by atoms with Gasteiger partial charge in [0.1, 0.15) is 0 Å². The van der Waals surface area contributed by atoms with E-state index in [4.69, 9.17) is 4.98 Å². The molecule has 1 aromatic heterocycles. The first-order valence-electron chi connectivity index (χ1n) is 13.0. The molecule has 1 heteroatoms. The van der Waals surface area contributed by atoms with Crippen LogP contribution in [0.2, 0.25) is 0 Å². The Balaban J connectivity index is 0.00000149. The smallest absolute Gasteiger partial charge is 0.0717 e. The van der Waals surface area contributed by atoms with Crippen LogP contribution in [0, 0.1) is 19.8 Å². The Labute approximate surface area is 202 Å². The zero-order valence-electron chi connectivity index (χ0n) is 22.3. The van der Waals surface area contributed by atoms with Crippen molar-refractivity contribution in [2.45, 2.75) is 93.9 Å². The Morgan fingerprint density at radius 1 is 1.12 bits per heavy atom. The molecule has 176 valence electrons. The number of aryl methyl sites for hydroxylation is 3. The highest BCUT2D eigenvalue weighted by Crippen LogP contribution is 2.38. The first kappa shape index (κ1) is 25.2. The number of rotatable bonds is 4. The van der Waals surface area contributed by atoms with Gasteiger partial charge in [0.2, 0.25) is 0 Å². The van der Waals surface area contributed by atoms with Gasteiger partial charge >= 0.3 is 0 Å². The lowest BCUT2D eigenvalue weighted by Gasteiger charge is -2.25. The van der Waals surface area contributed by atoms with Crippen LogP contribution in [0.25, 0.3) is 16.5 Å². The summed E-state index contributed by atoms with van der Waals surface area (Å²) in [6, 6.07) is 2.31. The van der Waals surface area contributed by atoms with Gasteiger partial charge in [-0.2, -0.15) is 0 Å². The minimum absolute atomic E-state index is 0.407. The molecule has 0 N–H and O–H groups in total. The average Bonchev–Trinajstić information content (AvgIpc) is 2.99. The van der Waals surface area contributed by atoms with Gasteiger partial charge in [-0.05, 0) is 123 Å². The summed E-state index contributed by atoms with van der Waals surface area (Å²) in [5.41, 5.74) is 15.1. The van der Waals surface area contributed by atoms with E-state index in [-0.39, 0.29) is 0 Å². The van der Waals surface area contributed by atoms with Crippen LogP contribution in [-0.4, -0.2) is 4.98 Å². The summed E-state index contributed by atoms with van der Waals surface area (Å²) < 4.78 is 0. The molecular weight excluding hydrogens is 398 g/mol. The van der Waals surface area contributed by atoms with Crippen molar-refractivity contribution in [3.05, 3.63) is 81.1 Å². The molecule has 0 bridgehead atoms. The van der Waals surface area contributed by atoms with Crippen molar-refractivity contribution in [1.82, 2.24) is 4.98 Å². The molecule has 1 aromatic carbocycles. The number of hydrogen-bond acceptors (Lipinski definition) is 1. The van der Waals surface area contributed by atoms with Gasteiger partial charge in [0.25, 0.3) is 0 Å². The predicted molar refractivity (Wildman–Crippen MR) is 147 cm³/mol. The molecule has 2 aliphatic carbocycles. The van der Waals surface area contributed by atoms with Crippen molar-refractivity contribution in [3.8, 4) is 0 Å². The average molecular weight is 442 g/mol. The van der Waals surface area contributed by atoms with E-state index in [9.17, 15) is 0 Å². The molecule has 1 nitrogen and oxygen atoms in total. The van der Waals surface area contributed by atoms with Crippen LogP contribution in [0.15, 0.2) is 47.6 Å². The van der Waals surface area contributed by atoms with Crippen LogP contribution in [0.5, 0.6) is 0 Å². The fourth-order valence-corrected chi connectivity index (χ4v) is 5.64. The second-order valence-electron chi connectivity index (χ2n) is 9.61. The Morgan fingerprint density at radius 2 is 1.82 bits per heavy atom. The van der Waals surface area contributed by atoms with E-state index >= 15 is 0 Å². The highest BCUT2D eigenvalue weighted by molar-refractivity contribution is 5.91. The van der Waals surface area contributed by atoms with Gasteiger partial charge < -0.3 is 0 Å². The van der Waals surface area contributed by atoms with Crippen LogP contribution in [-0.2, 0) is 19.3 Å². The third kappa shape index (κ3) is 4.79. The normalized spacial score (nSPS) is 18.2. The molecule has 0 amide bonds. The van der Waals surface area contributed by atoms with Crippen LogP contribution in [0.3, 0.4) is 0 Å².